The predicted octanol–water partition coefficient (Wildman–Crippen LogP) is 6.28. The van der Waals surface area contributed by atoms with Gasteiger partial charge in [0, 0.05) is 38.4 Å². The highest BCUT2D eigenvalue weighted by Crippen LogP contribution is 2.34. The maximum absolute atomic E-state index is 13.9. The first-order chi connectivity index (χ1) is 20.7. The van der Waals surface area contributed by atoms with Crippen LogP contribution in [0, 0.1) is 12.7 Å². The third kappa shape index (κ3) is 11.3. The molecule has 3 aromatic rings. The molecule has 3 rings (SSSR count). The van der Waals surface area contributed by atoms with Crippen molar-refractivity contribution in [2.75, 3.05) is 33.0 Å². The monoisotopic (exact) mass is 640 g/mol. The molecule has 0 fully saturated rings. The smallest absolute Gasteiger partial charge is 0.335 e. The number of hydrogen-bond donors (Lipinski definition) is 3. The van der Waals surface area contributed by atoms with Crippen LogP contribution in [0.3, 0.4) is 0 Å². The topological polar surface area (TPSA) is 140 Å². The van der Waals surface area contributed by atoms with Gasteiger partial charge in [-0.3, -0.25) is 9.89 Å². The average Bonchev–Trinajstić information content (AvgIpc) is 3.31. The lowest BCUT2D eigenvalue weighted by Gasteiger charge is -2.12. The van der Waals surface area contributed by atoms with Crippen molar-refractivity contribution in [3.05, 3.63) is 74.3 Å². The molecule has 13 heteroatoms. The Kier molecular flexibility index (Phi) is 14.0. The van der Waals surface area contributed by atoms with E-state index in [2.05, 4.69) is 10.2 Å². The van der Waals surface area contributed by atoms with Crippen LogP contribution in [-0.4, -0.2) is 65.4 Å². The molecule has 0 atom stereocenters. The van der Waals surface area contributed by atoms with Crippen LogP contribution >= 0.6 is 23.2 Å². The van der Waals surface area contributed by atoms with E-state index in [1.165, 1.54) is 12.1 Å². The maximum Gasteiger partial charge on any atom is 0.335 e. The standard InChI is InChI=1S/C30H35Cl2FN2O8/c1-19-22(5-2-13-42-27-17-21(30(38)39)7-8-25(27)33)26(35-34-19)18-41-12-3-10-40-11-4-14-43-29-23(31)15-20(16-24(29)32)6-9-28(36)37/h7-8,15-17H,2-6,9-14,18H2,1H3,(H,34,35)(H,36,37)(H,38,39). The fraction of sp³-hybridized carbons (Fsp3) is 0.433. The number of aromatic nitrogens is 2. The third-order valence-corrected chi connectivity index (χ3v) is 6.91. The Morgan fingerprint density at radius 1 is 0.907 bits per heavy atom. The molecule has 0 aliphatic carbocycles. The number of carbonyl (C=O) groups is 2. The third-order valence-electron chi connectivity index (χ3n) is 6.35. The van der Waals surface area contributed by atoms with Gasteiger partial charge in [-0.25, -0.2) is 9.18 Å². The minimum absolute atomic E-state index is 0.00503. The minimum Gasteiger partial charge on any atom is -0.490 e. The van der Waals surface area contributed by atoms with E-state index in [1.807, 2.05) is 6.92 Å². The largest absolute Gasteiger partial charge is 0.490 e. The summed E-state index contributed by atoms with van der Waals surface area (Å²) in [5.74, 6) is -2.36. The van der Waals surface area contributed by atoms with Crippen LogP contribution in [0.25, 0.3) is 0 Å². The SMILES string of the molecule is Cc1[nH]nc(COCCCOCCCOc2c(Cl)cc(CCC(=O)O)cc2Cl)c1CCCOc1cc(C(=O)O)ccc1F. The van der Waals surface area contributed by atoms with Crippen LogP contribution in [0.1, 0.15) is 58.6 Å². The fourth-order valence-electron chi connectivity index (χ4n) is 4.15. The molecule has 0 aliphatic rings. The van der Waals surface area contributed by atoms with Crippen molar-refractivity contribution in [1.82, 2.24) is 10.2 Å². The molecule has 2 aromatic carbocycles. The minimum atomic E-state index is -1.15. The Balaban J connectivity index is 1.27. The molecule has 1 aromatic heterocycles. The van der Waals surface area contributed by atoms with E-state index in [0.29, 0.717) is 80.9 Å². The first-order valence-corrected chi connectivity index (χ1v) is 14.6. The van der Waals surface area contributed by atoms with E-state index in [9.17, 15) is 14.0 Å². The Bertz CT molecular complexity index is 1340. The summed E-state index contributed by atoms with van der Waals surface area (Å²) in [6.45, 7) is 4.32. The van der Waals surface area contributed by atoms with Crippen molar-refractivity contribution < 1.29 is 43.1 Å². The molecule has 234 valence electrons. The van der Waals surface area contributed by atoms with Gasteiger partial charge in [0.1, 0.15) is 0 Å². The van der Waals surface area contributed by atoms with Crippen molar-refractivity contribution in [3.63, 3.8) is 0 Å². The highest BCUT2D eigenvalue weighted by atomic mass is 35.5. The molecule has 0 amide bonds. The van der Waals surface area contributed by atoms with E-state index in [4.69, 9.17) is 52.4 Å². The molecule has 0 saturated carbocycles. The predicted molar refractivity (Wildman–Crippen MR) is 158 cm³/mol. The summed E-state index contributed by atoms with van der Waals surface area (Å²) in [5, 5.41) is 25.9. The number of ether oxygens (including phenoxy) is 4. The lowest BCUT2D eigenvalue weighted by atomic mass is 10.1. The van der Waals surface area contributed by atoms with Crippen LogP contribution < -0.4 is 9.47 Å². The highest BCUT2D eigenvalue weighted by molar-refractivity contribution is 6.37. The van der Waals surface area contributed by atoms with Crippen LogP contribution in [0.5, 0.6) is 11.5 Å². The molecule has 0 unspecified atom stereocenters. The molecule has 0 spiro atoms. The number of aromatic carboxylic acids is 1. The molecule has 43 heavy (non-hydrogen) atoms. The van der Waals surface area contributed by atoms with Crippen molar-refractivity contribution in [2.45, 2.75) is 52.1 Å². The van der Waals surface area contributed by atoms with Gasteiger partial charge in [0.15, 0.2) is 17.3 Å². The Labute approximate surface area is 259 Å². The van der Waals surface area contributed by atoms with Crippen LogP contribution in [0.4, 0.5) is 4.39 Å². The Hall–Kier alpha value is -3.38. The zero-order valence-electron chi connectivity index (χ0n) is 23.8. The average molecular weight is 642 g/mol. The molecular weight excluding hydrogens is 606 g/mol. The summed E-state index contributed by atoms with van der Waals surface area (Å²) in [5.41, 5.74) is 3.42. The van der Waals surface area contributed by atoms with E-state index in [1.54, 1.807) is 12.1 Å². The fourth-order valence-corrected chi connectivity index (χ4v) is 4.79. The number of benzene rings is 2. The summed E-state index contributed by atoms with van der Waals surface area (Å²) in [6, 6.07) is 6.78. The molecule has 3 N–H and O–H groups in total. The van der Waals surface area contributed by atoms with E-state index >= 15 is 0 Å². The number of aliphatic carboxylic acids is 1. The summed E-state index contributed by atoms with van der Waals surface area (Å²) < 4.78 is 36.5. The maximum atomic E-state index is 13.9. The second-order valence-corrected chi connectivity index (χ2v) is 10.5. The molecular formula is C30H35Cl2FN2O8. The van der Waals surface area contributed by atoms with Crippen LogP contribution in [0.15, 0.2) is 30.3 Å². The number of aromatic amines is 1. The van der Waals surface area contributed by atoms with Gasteiger partial charge in [-0.2, -0.15) is 5.10 Å². The van der Waals surface area contributed by atoms with E-state index in [-0.39, 0.29) is 24.3 Å². The van der Waals surface area contributed by atoms with Gasteiger partial charge in [-0.15, -0.1) is 0 Å². The summed E-state index contributed by atoms with van der Waals surface area (Å²) in [4.78, 5) is 21.8. The zero-order valence-corrected chi connectivity index (χ0v) is 25.3. The van der Waals surface area contributed by atoms with Crippen molar-refractivity contribution in [3.8, 4) is 11.5 Å². The number of nitrogens with one attached hydrogen (secondary N) is 1. The van der Waals surface area contributed by atoms with E-state index < -0.39 is 17.8 Å². The van der Waals surface area contributed by atoms with Gasteiger partial charge in [0.25, 0.3) is 0 Å². The number of halogens is 3. The molecule has 0 aliphatic heterocycles. The molecule has 0 saturated heterocycles. The van der Waals surface area contributed by atoms with Gasteiger partial charge in [0.05, 0.1) is 41.1 Å². The zero-order chi connectivity index (χ0) is 31.2. The summed E-state index contributed by atoms with van der Waals surface area (Å²) >= 11 is 12.5. The van der Waals surface area contributed by atoms with Crippen molar-refractivity contribution in [2.24, 2.45) is 0 Å². The van der Waals surface area contributed by atoms with Gasteiger partial charge in [-0.05, 0) is 74.1 Å². The Morgan fingerprint density at radius 3 is 2.28 bits per heavy atom. The normalized spacial score (nSPS) is 11.1. The van der Waals surface area contributed by atoms with Gasteiger partial charge < -0.3 is 29.2 Å². The van der Waals surface area contributed by atoms with Gasteiger partial charge >= 0.3 is 11.9 Å². The van der Waals surface area contributed by atoms with Gasteiger partial charge in [-0.1, -0.05) is 23.2 Å². The highest BCUT2D eigenvalue weighted by Gasteiger charge is 2.13. The number of H-pyrrole nitrogens is 1. The number of rotatable bonds is 20. The second-order valence-electron chi connectivity index (χ2n) is 9.68. The van der Waals surface area contributed by atoms with Crippen molar-refractivity contribution >= 4 is 35.1 Å². The van der Waals surface area contributed by atoms with Crippen molar-refractivity contribution in [1.29, 1.82) is 0 Å². The number of hydrogen-bond acceptors (Lipinski definition) is 7. The number of carboxylic acids is 2. The quantitative estimate of drug-likeness (QED) is 0.122. The molecule has 0 bridgehead atoms. The lowest BCUT2D eigenvalue weighted by molar-refractivity contribution is -0.136. The number of carboxylic acid groups (broad SMARTS) is 2. The number of aryl methyl sites for hydroxylation is 2. The van der Waals surface area contributed by atoms with E-state index in [0.717, 1.165) is 28.6 Å². The molecule has 10 nitrogen and oxygen atoms in total. The first kappa shape index (κ1) is 34.1. The first-order valence-electron chi connectivity index (χ1n) is 13.8. The summed E-state index contributed by atoms with van der Waals surface area (Å²) in [6.07, 6.45) is 2.88. The number of nitrogens with zero attached hydrogens (tertiary/aromatic N) is 1. The van der Waals surface area contributed by atoms with Crippen LogP contribution in [0.2, 0.25) is 10.0 Å². The summed E-state index contributed by atoms with van der Waals surface area (Å²) in [7, 11) is 0. The van der Waals surface area contributed by atoms with Crippen LogP contribution in [-0.2, 0) is 33.7 Å². The van der Waals surface area contributed by atoms with Gasteiger partial charge in [0.2, 0.25) is 0 Å². The molecule has 0 radical (unpaired) electrons. The molecule has 1 heterocycles. The second kappa shape index (κ2) is 17.7. The lowest BCUT2D eigenvalue weighted by Crippen LogP contribution is -2.07. The Morgan fingerprint density at radius 2 is 1.58 bits per heavy atom.